The van der Waals surface area contributed by atoms with Gasteiger partial charge in [0.15, 0.2) is 0 Å². The minimum Gasteiger partial charge on any atom is -0.481 e. The lowest BCUT2D eigenvalue weighted by Gasteiger charge is -2.16. The van der Waals surface area contributed by atoms with E-state index in [1.807, 2.05) is 6.92 Å². The fourth-order valence-corrected chi connectivity index (χ4v) is 2.20. The summed E-state index contributed by atoms with van der Waals surface area (Å²) in [6, 6.07) is -0.968. The third-order valence-electron chi connectivity index (χ3n) is 2.65. The van der Waals surface area contributed by atoms with Crippen LogP contribution in [0.15, 0.2) is 0 Å². The number of ether oxygens (including phenoxy) is 1. The maximum Gasteiger partial charge on any atom is 0.315 e. The molecule has 0 aromatic carbocycles. The molecule has 3 unspecified atom stereocenters. The Morgan fingerprint density at radius 3 is 2.78 bits per heavy atom. The summed E-state index contributed by atoms with van der Waals surface area (Å²) in [5.41, 5.74) is 0. The zero-order valence-electron chi connectivity index (χ0n) is 10.2. The van der Waals surface area contributed by atoms with Gasteiger partial charge in [-0.2, -0.15) is 0 Å². The van der Waals surface area contributed by atoms with Gasteiger partial charge in [-0.15, -0.1) is 0 Å². The summed E-state index contributed by atoms with van der Waals surface area (Å²) in [7, 11) is -0.923. The van der Waals surface area contributed by atoms with Gasteiger partial charge in [-0.25, -0.2) is 4.79 Å². The molecule has 3 atom stereocenters. The summed E-state index contributed by atoms with van der Waals surface area (Å²) in [5.74, 6) is -0.737. The first kappa shape index (κ1) is 14.9. The van der Waals surface area contributed by atoms with Crippen molar-refractivity contribution >= 4 is 22.8 Å². The minimum absolute atomic E-state index is 0.111. The van der Waals surface area contributed by atoms with Gasteiger partial charge in [0.1, 0.15) is 5.92 Å². The second kappa shape index (κ2) is 7.32. The largest absolute Gasteiger partial charge is 0.481 e. The molecule has 0 bridgehead atoms. The van der Waals surface area contributed by atoms with Gasteiger partial charge in [-0.05, 0) is 0 Å². The van der Waals surface area contributed by atoms with Crippen molar-refractivity contribution < 1.29 is 23.6 Å². The molecule has 0 radical (unpaired) electrons. The van der Waals surface area contributed by atoms with Gasteiger partial charge in [-0.1, -0.05) is 6.92 Å². The Hall–Kier alpha value is -1.15. The van der Waals surface area contributed by atoms with Crippen LogP contribution in [0.25, 0.3) is 0 Å². The monoisotopic (exact) mass is 278 g/mol. The van der Waals surface area contributed by atoms with E-state index in [1.54, 1.807) is 0 Å². The van der Waals surface area contributed by atoms with Crippen molar-refractivity contribution in [2.45, 2.75) is 13.0 Å². The van der Waals surface area contributed by atoms with Crippen LogP contribution in [0.4, 0.5) is 4.79 Å². The van der Waals surface area contributed by atoms with Crippen LogP contribution < -0.4 is 10.6 Å². The highest BCUT2D eigenvalue weighted by atomic mass is 32.2. The van der Waals surface area contributed by atoms with Gasteiger partial charge in [-0.3, -0.25) is 9.00 Å². The van der Waals surface area contributed by atoms with Crippen LogP contribution >= 0.6 is 0 Å². The Balaban J connectivity index is 2.27. The Labute approximate surface area is 108 Å². The van der Waals surface area contributed by atoms with Crippen molar-refractivity contribution in [1.29, 1.82) is 0 Å². The van der Waals surface area contributed by atoms with Gasteiger partial charge < -0.3 is 20.5 Å². The molecule has 2 amide bonds. The molecule has 1 saturated heterocycles. The molecule has 7 nitrogen and oxygen atoms in total. The highest BCUT2D eigenvalue weighted by molar-refractivity contribution is 7.84. The van der Waals surface area contributed by atoms with E-state index in [4.69, 9.17) is 9.84 Å². The molecule has 1 fully saturated rings. The van der Waals surface area contributed by atoms with Crippen molar-refractivity contribution in [2.75, 3.05) is 31.3 Å². The zero-order valence-corrected chi connectivity index (χ0v) is 11.0. The van der Waals surface area contributed by atoms with E-state index in [0.717, 1.165) is 0 Å². The molecule has 0 aliphatic carbocycles. The van der Waals surface area contributed by atoms with E-state index < -0.39 is 34.8 Å². The Morgan fingerprint density at radius 2 is 2.17 bits per heavy atom. The van der Waals surface area contributed by atoms with Gasteiger partial charge in [0.25, 0.3) is 0 Å². The number of urea groups is 1. The van der Waals surface area contributed by atoms with E-state index in [1.165, 1.54) is 0 Å². The average Bonchev–Trinajstić information content (AvgIpc) is 2.76. The number of nitrogens with one attached hydrogen (secondary N) is 2. The Bertz CT molecular complexity index is 336. The maximum absolute atomic E-state index is 11.5. The lowest BCUT2D eigenvalue weighted by molar-refractivity contribution is -0.142. The fraction of sp³-hybridized carbons (Fsp3) is 0.800. The van der Waals surface area contributed by atoms with Crippen molar-refractivity contribution in [2.24, 2.45) is 5.92 Å². The second-order valence-electron chi connectivity index (χ2n) is 3.92. The van der Waals surface area contributed by atoms with Crippen LogP contribution in [-0.2, 0) is 20.3 Å². The van der Waals surface area contributed by atoms with Gasteiger partial charge in [0.05, 0.1) is 19.3 Å². The van der Waals surface area contributed by atoms with E-state index in [2.05, 4.69) is 10.6 Å². The standard InChI is InChI=1S/C10H18N2O5S/c1-2-18(16)4-3-11-10(15)12-8-6-17-5-7(8)9(13)14/h7-8H,2-6H2,1H3,(H,13,14)(H2,11,12,15). The molecule has 3 N–H and O–H groups in total. The van der Waals surface area contributed by atoms with Crippen LogP contribution in [0.2, 0.25) is 0 Å². The molecule has 1 aliphatic heterocycles. The number of rotatable bonds is 6. The van der Waals surface area contributed by atoms with E-state index in [-0.39, 0.29) is 13.2 Å². The number of amides is 2. The molecule has 1 rings (SSSR count). The normalized spacial score (nSPS) is 24.5. The maximum atomic E-state index is 11.5. The molecule has 104 valence electrons. The molecule has 0 spiro atoms. The van der Waals surface area contributed by atoms with Gasteiger partial charge in [0.2, 0.25) is 0 Å². The van der Waals surface area contributed by atoms with E-state index in [9.17, 15) is 13.8 Å². The number of carbonyl (C=O) groups is 2. The van der Waals surface area contributed by atoms with E-state index in [0.29, 0.717) is 18.1 Å². The summed E-state index contributed by atoms with van der Waals surface area (Å²) in [6.07, 6.45) is 0. The predicted octanol–water partition coefficient (Wildman–Crippen LogP) is -0.846. The number of carbonyl (C=O) groups excluding carboxylic acids is 1. The first-order valence-electron chi connectivity index (χ1n) is 5.74. The smallest absolute Gasteiger partial charge is 0.315 e. The molecule has 8 heteroatoms. The topological polar surface area (TPSA) is 105 Å². The Morgan fingerprint density at radius 1 is 1.44 bits per heavy atom. The number of aliphatic carboxylic acids is 1. The van der Waals surface area contributed by atoms with Crippen LogP contribution in [0.5, 0.6) is 0 Å². The summed E-state index contributed by atoms with van der Waals surface area (Å²) in [5, 5.41) is 14.0. The molecular formula is C10H18N2O5S. The molecule has 0 aromatic heterocycles. The van der Waals surface area contributed by atoms with Crippen LogP contribution in [-0.4, -0.2) is 58.6 Å². The van der Waals surface area contributed by atoms with Crippen molar-refractivity contribution in [3.05, 3.63) is 0 Å². The average molecular weight is 278 g/mol. The molecular weight excluding hydrogens is 260 g/mol. The van der Waals surface area contributed by atoms with Crippen molar-refractivity contribution in [3.63, 3.8) is 0 Å². The van der Waals surface area contributed by atoms with Crippen LogP contribution in [0, 0.1) is 5.92 Å². The quantitative estimate of drug-likeness (QED) is 0.587. The van der Waals surface area contributed by atoms with Gasteiger partial charge in [0, 0.05) is 28.9 Å². The highest BCUT2D eigenvalue weighted by Crippen LogP contribution is 2.13. The lowest BCUT2D eigenvalue weighted by atomic mass is 10.0. The second-order valence-corrected chi connectivity index (χ2v) is 5.79. The number of carboxylic acids is 1. The number of carboxylic acid groups (broad SMARTS) is 1. The van der Waals surface area contributed by atoms with Crippen LogP contribution in [0.1, 0.15) is 6.92 Å². The van der Waals surface area contributed by atoms with Crippen LogP contribution in [0.3, 0.4) is 0 Å². The summed E-state index contributed by atoms with van der Waals surface area (Å²) in [6.45, 7) is 2.42. The SMILES string of the molecule is CCS(=O)CCNC(=O)NC1COCC1C(=O)O. The summed E-state index contributed by atoms with van der Waals surface area (Å²) in [4.78, 5) is 22.3. The Kier molecular flexibility index (Phi) is 6.06. The fourth-order valence-electron chi connectivity index (χ4n) is 1.58. The predicted molar refractivity (Wildman–Crippen MR) is 65.8 cm³/mol. The lowest BCUT2D eigenvalue weighted by Crippen LogP contribution is -2.47. The molecule has 18 heavy (non-hydrogen) atoms. The van der Waals surface area contributed by atoms with Crippen molar-refractivity contribution in [3.8, 4) is 0 Å². The molecule has 1 aliphatic rings. The molecule has 0 saturated carbocycles. The highest BCUT2D eigenvalue weighted by Gasteiger charge is 2.34. The number of hydrogen-bond acceptors (Lipinski definition) is 4. The third kappa shape index (κ3) is 4.61. The summed E-state index contributed by atoms with van der Waals surface area (Å²) >= 11 is 0. The van der Waals surface area contributed by atoms with E-state index >= 15 is 0 Å². The number of hydrogen-bond donors (Lipinski definition) is 3. The first-order valence-corrected chi connectivity index (χ1v) is 7.23. The minimum atomic E-state index is -0.982. The third-order valence-corrected chi connectivity index (χ3v) is 3.95. The van der Waals surface area contributed by atoms with Gasteiger partial charge >= 0.3 is 12.0 Å². The molecule has 0 aromatic rings. The van der Waals surface area contributed by atoms with Crippen molar-refractivity contribution in [1.82, 2.24) is 10.6 Å². The molecule has 1 heterocycles. The summed E-state index contributed by atoms with van der Waals surface area (Å²) < 4.78 is 16.1. The first-order chi connectivity index (χ1) is 8.54. The zero-order chi connectivity index (χ0) is 13.5.